The monoisotopic (exact) mass is 692 g/mol. The Kier molecular flexibility index (Phi) is 6.33. The molecule has 47 heavy (non-hydrogen) atoms. The van der Waals surface area contributed by atoms with Crippen molar-refractivity contribution in [2.24, 2.45) is 0 Å². The first kappa shape index (κ1) is 27.7. The molecular weight excluding hydrogens is 667 g/mol. The van der Waals surface area contributed by atoms with Gasteiger partial charge in [0.25, 0.3) is 0 Å². The largest absolute Gasteiger partial charge is 0.354 e. The normalized spacial score (nSPS) is 11.7. The molecule has 0 atom stereocenters. The number of nitrogens with zero attached hydrogens (tertiary/aromatic N) is 2. The van der Waals surface area contributed by atoms with Gasteiger partial charge in [0.1, 0.15) is 0 Å². The zero-order valence-corrected chi connectivity index (χ0v) is 26.6. The number of nitrogens with one attached hydrogen (secondary N) is 2. The molecule has 3 aromatic heterocycles. The number of aromatic amines is 2. The molecule has 0 saturated heterocycles. The molecule has 0 radical (unpaired) electrons. The molecule has 2 N–H and O–H groups in total. The van der Waals surface area contributed by atoms with E-state index in [1.807, 2.05) is 0 Å². The number of rotatable bonds is 1. The van der Waals surface area contributed by atoms with E-state index in [-0.39, 0.29) is 20.4 Å². The molecule has 0 unspecified atom stereocenters. The van der Waals surface area contributed by atoms with Crippen LogP contribution < -0.4 is 0 Å². The van der Waals surface area contributed by atoms with E-state index in [9.17, 15) is 0 Å². The van der Waals surface area contributed by atoms with Crippen LogP contribution >= 0.6 is 0 Å². The number of hydrogen-bond acceptors (Lipinski definition) is 2. The maximum Gasteiger partial charge on any atom is 0.0815 e. The van der Waals surface area contributed by atoms with Gasteiger partial charge in [-0.1, -0.05) is 127 Å². The molecule has 5 heteroatoms. The van der Waals surface area contributed by atoms with Gasteiger partial charge in [0.2, 0.25) is 0 Å². The summed E-state index contributed by atoms with van der Waals surface area (Å²) in [5.74, 6) is 0. The van der Waals surface area contributed by atoms with Gasteiger partial charge >= 0.3 is 0 Å². The molecule has 8 bridgehead atoms. The molecule has 0 fully saturated rings. The van der Waals surface area contributed by atoms with Crippen LogP contribution in [0.25, 0.3) is 99.8 Å². The van der Waals surface area contributed by atoms with Crippen LogP contribution in [0.3, 0.4) is 0 Å². The fourth-order valence-electron chi connectivity index (χ4n) is 7.25. The van der Waals surface area contributed by atoms with Crippen LogP contribution in [0.4, 0.5) is 0 Å². The van der Waals surface area contributed by atoms with E-state index in [4.69, 9.17) is 9.97 Å². The molecular formula is C42H26N4Pd. The Morgan fingerprint density at radius 1 is 0.383 bits per heavy atom. The van der Waals surface area contributed by atoms with Crippen LogP contribution in [0.2, 0.25) is 0 Å². The minimum absolute atomic E-state index is 0. The Labute approximate surface area is 284 Å². The average Bonchev–Trinajstić information content (AvgIpc) is 3.85. The first-order valence-corrected chi connectivity index (χ1v) is 15.6. The van der Waals surface area contributed by atoms with Crippen molar-refractivity contribution < 1.29 is 20.4 Å². The molecule has 224 valence electrons. The van der Waals surface area contributed by atoms with Crippen LogP contribution in [-0.2, 0) is 20.4 Å². The van der Waals surface area contributed by atoms with Crippen LogP contribution in [0.5, 0.6) is 0 Å². The Morgan fingerprint density at radius 2 is 0.809 bits per heavy atom. The van der Waals surface area contributed by atoms with E-state index in [1.54, 1.807) is 0 Å². The predicted molar refractivity (Wildman–Crippen MR) is 190 cm³/mol. The molecule has 5 aromatic carbocycles. The van der Waals surface area contributed by atoms with Crippen molar-refractivity contribution in [1.82, 2.24) is 19.9 Å². The minimum atomic E-state index is 0. The smallest absolute Gasteiger partial charge is 0.0815 e. The summed E-state index contributed by atoms with van der Waals surface area (Å²) in [6, 6.07) is 51.5. The molecule has 8 aromatic rings. The van der Waals surface area contributed by atoms with Crippen LogP contribution in [0.1, 0.15) is 0 Å². The van der Waals surface area contributed by atoms with Gasteiger partial charge in [-0.15, -0.1) is 0 Å². The number of H-pyrrole nitrogens is 2. The van der Waals surface area contributed by atoms with Crippen LogP contribution in [0, 0.1) is 0 Å². The third kappa shape index (κ3) is 4.25. The first-order valence-electron chi connectivity index (χ1n) is 15.6. The Bertz CT molecular complexity index is 2700. The summed E-state index contributed by atoms with van der Waals surface area (Å²) in [6.45, 7) is 0. The zero-order valence-electron chi connectivity index (χ0n) is 25.1. The van der Waals surface area contributed by atoms with Crippen molar-refractivity contribution in [3.8, 4) is 56.2 Å². The van der Waals surface area contributed by atoms with E-state index in [2.05, 4.69) is 156 Å². The SMILES string of the molecule is [Pd].c1ccc(-c2c3nc(cc4[nH]c(cc5nc(cc6[nH]c2c2ccccc62)-c2ccccc2-5)c2ccccc42)-c2ccccc2-3)cc1. The third-order valence-electron chi connectivity index (χ3n) is 9.33. The summed E-state index contributed by atoms with van der Waals surface area (Å²) in [5, 5.41) is 4.61. The van der Waals surface area contributed by atoms with Gasteiger partial charge in [-0.3, -0.25) is 0 Å². The number of benzene rings is 5. The Hall–Kier alpha value is -5.60. The van der Waals surface area contributed by atoms with Crippen molar-refractivity contribution in [3.05, 3.63) is 146 Å². The summed E-state index contributed by atoms with van der Waals surface area (Å²) in [5.41, 5.74) is 14.6. The zero-order chi connectivity index (χ0) is 30.2. The van der Waals surface area contributed by atoms with Crippen molar-refractivity contribution >= 4 is 43.6 Å². The molecule has 0 spiro atoms. The number of hydrogen-bond donors (Lipinski definition) is 2. The molecule has 0 aliphatic carbocycles. The minimum Gasteiger partial charge on any atom is -0.354 e. The second kappa shape index (κ2) is 10.7. The van der Waals surface area contributed by atoms with Crippen molar-refractivity contribution in [2.45, 2.75) is 0 Å². The van der Waals surface area contributed by atoms with Crippen molar-refractivity contribution in [1.29, 1.82) is 0 Å². The number of fused-ring (bicyclic) bond motifs is 20. The van der Waals surface area contributed by atoms with Gasteiger partial charge in [-0.2, -0.15) is 0 Å². The van der Waals surface area contributed by atoms with E-state index >= 15 is 0 Å². The van der Waals surface area contributed by atoms with Gasteiger partial charge in [-0.05, 0) is 23.8 Å². The molecule has 0 saturated carbocycles. The van der Waals surface area contributed by atoms with Crippen molar-refractivity contribution in [3.63, 3.8) is 0 Å². The molecule has 5 heterocycles. The fraction of sp³-hybridized carbons (Fsp3) is 0. The molecule has 10 rings (SSSR count). The summed E-state index contributed by atoms with van der Waals surface area (Å²) in [7, 11) is 0. The first-order chi connectivity index (χ1) is 22.8. The summed E-state index contributed by atoms with van der Waals surface area (Å²) in [4.78, 5) is 18.3. The quantitative estimate of drug-likeness (QED) is 0.168. The van der Waals surface area contributed by atoms with Gasteiger partial charge in [-0.25, -0.2) is 9.97 Å². The van der Waals surface area contributed by atoms with Crippen LogP contribution in [-0.4, -0.2) is 19.9 Å². The third-order valence-corrected chi connectivity index (χ3v) is 9.33. The topological polar surface area (TPSA) is 57.4 Å². The predicted octanol–water partition coefficient (Wildman–Crippen LogP) is 11.0. The fourth-order valence-corrected chi connectivity index (χ4v) is 7.25. The average molecular weight is 693 g/mol. The molecule has 0 amide bonds. The number of aromatic nitrogens is 4. The van der Waals surface area contributed by atoms with Gasteiger partial charge in [0.15, 0.2) is 0 Å². The van der Waals surface area contributed by atoms with Crippen molar-refractivity contribution in [2.75, 3.05) is 0 Å². The van der Waals surface area contributed by atoms with Crippen LogP contribution in [0.15, 0.2) is 146 Å². The summed E-state index contributed by atoms with van der Waals surface area (Å²) in [6.07, 6.45) is 0. The maximum atomic E-state index is 5.45. The standard InChI is InChI=1S/C42H26N4.Pd/c1-2-12-25(13-3-1)40-41-32-20-10-8-18-30(32)38(45-41)23-36-28-16-6-4-14-26(28)34(43-36)22-35-27-15-5-7-17-29(27)37(44-35)24-39-31-19-9-11-21-33(31)42(40)46-39;/h1-24,43,46H;. The van der Waals surface area contributed by atoms with E-state index in [0.717, 1.165) is 99.8 Å². The van der Waals surface area contributed by atoms with Gasteiger partial charge in [0.05, 0.1) is 28.3 Å². The van der Waals surface area contributed by atoms with E-state index < -0.39 is 0 Å². The van der Waals surface area contributed by atoms with Gasteiger partial charge in [0, 0.05) is 86.3 Å². The second-order valence-electron chi connectivity index (χ2n) is 12.0. The Balaban J connectivity index is 0.00000302. The summed E-state index contributed by atoms with van der Waals surface area (Å²) < 4.78 is 0. The van der Waals surface area contributed by atoms with Gasteiger partial charge < -0.3 is 9.97 Å². The molecule has 4 nitrogen and oxygen atoms in total. The molecule has 2 aliphatic rings. The van der Waals surface area contributed by atoms with E-state index in [1.165, 1.54) is 0 Å². The maximum absolute atomic E-state index is 5.45. The Morgan fingerprint density at radius 3 is 1.40 bits per heavy atom. The second-order valence-corrected chi connectivity index (χ2v) is 12.0. The summed E-state index contributed by atoms with van der Waals surface area (Å²) >= 11 is 0. The van der Waals surface area contributed by atoms with E-state index in [0.29, 0.717) is 0 Å². The molecule has 2 aliphatic heterocycles.